The van der Waals surface area contributed by atoms with Crippen molar-refractivity contribution in [3.8, 4) is 0 Å². The number of hydrogen-bond acceptors (Lipinski definition) is 3. The maximum absolute atomic E-state index is 10.1. The van der Waals surface area contributed by atoms with E-state index in [0.29, 0.717) is 6.61 Å². The van der Waals surface area contributed by atoms with Crippen LogP contribution in [0.15, 0.2) is 0 Å². The third-order valence-corrected chi connectivity index (χ3v) is 2.10. The molecule has 0 aromatic carbocycles. The molecule has 0 aromatic heterocycles. The molecule has 3 N–H and O–H groups in total. The summed E-state index contributed by atoms with van der Waals surface area (Å²) in [6.07, 6.45) is 7.00. The fourth-order valence-electron chi connectivity index (χ4n) is 1.03. The Hall–Kier alpha value is 0.0400. The van der Waals surface area contributed by atoms with Gasteiger partial charge in [0.05, 0.1) is 0 Å². The maximum atomic E-state index is 10.1. The van der Waals surface area contributed by atoms with Crippen LogP contribution in [0.1, 0.15) is 45.4 Å². The van der Waals surface area contributed by atoms with Crippen molar-refractivity contribution in [1.82, 2.24) is 0 Å². The lowest BCUT2D eigenvalue weighted by atomic mass is 10.1. The molecule has 6 nitrogen and oxygen atoms in total. The summed E-state index contributed by atoms with van der Waals surface area (Å²) in [4.78, 5) is 22.5. The van der Waals surface area contributed by atoms with Crippen molar-refractivity contribution >= 4 is 16.5 Å². The number of hydrogen-bond donors (Lipinski definition) is 3. The van der Waals surface area contributed by atoms with Crippen LogP contribution in [0, 0.1) is 0 Å². The summed E-state index contributed by atoms with van der Waals surface area (Å²) < 4.78 is 23.3. The first-order chi connectivity index (χ1) is 7.50. The highest BCUT2D eigenvalue weighted by Crippen LogP contribution is 2.15. The van der Waals surface area contributed by atoms with Crippen LogP contribution in [0.5, 0.6) is 0 Å². The molecule has 8 heteroatoms. The monoisotopic (exact) mass is 274 g/mol. The van der Waals surface area contributed by atoms with Crippen LogP contribution < -0.4 is 0 Å². The van der Waals surface area contributed by atoms with Gasteiger partial charge in [0.1, 0.15) is 6.61 Å². The Morgan fingerprint density at radius 2 is 1.38 bits per heavy atom. The Kier molecular flexibility index (Phi) is 17.3. The van der Waals surface area contributed by atoms with Crippen molar-refractivity contribution in [3.05, 3.63) is 0 Å². The normalized spacial score (nSPS) is 10.4. The summed E-state index contributed by atoms with van der Waals surface area (Å²) in [5.41, 5.74) is 0. The number of rotatable bonds is 8. The molecule has 0 spiro atoms. The van der Waals surface area contributed by atoms with Crippen LogP contribution in [0.2, 0.25) is 0 Å². The molecule has 0 aliphatic carbocycles. The summed E-state index contributed by atoms with van der Waals surface area (Å²) in [7, 11) is -5.25. The Morgan fingerprint density at radius 3 is 1.81 bits per heavy atom. The zero-order chi connectivity index (χ0) is 12.8. The largest absolute Gasteiger partial charge is 0.694 e. The van der Waals surface area contributed by atoms with Gasteiger partial charge >= 0.3 is 16.5 Å². The molecular formula is C8H20O6P2+2. The predicted molar refractivity (Wildman–Crippen MR) is 61.2 cm³/mol. The molecule has 1 atom stereocenters. The van der Waals surface area contributed by atoms with E-state index in [1.807, 2.05) is 0 Å². The van der Waals surface area contributed by atoms with E-state index in [9.17, 15) is 4.57 Å². The van der Waals surface area contributed by atoms with E-state index in [1.54, 1.807) is 0 Å². The van der Waals surface area contributed by atoms with Gasteiger partial charge in [-0.2, -0.15) is 0 Å². The second kappa shape index (κ2) is 15.0. The quantitative estimate of drug-likeness (QED) is 0.464. The zero-order valence-electron chi connectivity index (χ0n) is 9.41. The Morgan fingerprint density at radius 1 is 0.938 bits per heavy atom. The van der Waals surface area contributed by atoms with Crippen molar-refractivity contribution in [2.24, 2.45) is 0 Å². The number of unbranched alkanes of at least 4 members (excludes halogenated alkanes) is 5. The molecule has 96 valence electrons. The lowest BCUT2D eigenvalue weighted by molar-refractivity contribution is 0.273. The average molecular weight is 274 g/mol. The summed E-state index contributed by atoms with van der Waals surface area (Å²) in [6.45, 7) is 2.59. The van der Waals surface area contributed by atoms with Gasteiger partial charge in [0.2, 0.25) is 0 Å². The molecule has 0 saturated heterocycles. The van der Waals surface area contributed by atoms with Crippen molar-refractivity contribution in [2.75, 3.05) is 6.61 Å². The highest BCUT2D eigenvalue weighted by atomic mass is 31.1. The molecule has 0 amide bonds. The standard InChI is InChI=1S/C8H17O3P.HO3P/c1-2-3-4-5-6-7-8-11-12(9)10;1-4(2)3/h2-8H2,1H3;(H-,1,2,3)/p+2. The Bertz CT molecular complexity index is 183. The van der Waals surface area contributed by atoms with E-state index in [4.69, 9.17) is 19.2 Å². The maximum Gasteiger partial charge on any atom is 0.694 e. The Labute approximate surface area is 97.6 Å². The van der Waals surface area contributed by atoms with Crippen LogP contribution in [-0.2, 0) is 13.7 Å². The van der Waals surface area contributed by atoms with Crippen molar-refractivity contribution < 1.29 is 28.3 Å². The van der Waals surface area contributed by atoms with Crippen molar-refractivity contribution in [1.29, 1.82) is 0 Å². The minimum atomic E-state index is -2.87. The topological polar surface area (TPSA) is 104 Å². The van der Waals surface area contributed by atoms with Crippen LogP contribution in [-0.4, -0.2) is 21.3 Å². The van der Waals surface area contributed by atoms with E-state index < -0.39 is 16.5 Å². The molecule has 0 heterocycles. The van der Waals surface area contributed by atoms with Gasteiger partial charge in [0.15, 0.2) is 0 Å². The minimum absolute atomic E-state index is 0.415. The molecule has 0 rings (SSSR count). The molecule has 0 bridgehead atoms. The summed E-state index contributed by atoms with van der Waals surface area (Å²) in [5.74, 6) is 0. The van der Waals surface area contributed by atoms with E-state index in [1.165, 1.54) is 25.7 Å². The SMILES string of the molecule is CCCCCCCCO[P+](=O)O.O=[P+](O)O. The van der Waals surface area contributed by atoms with Gasteiger partial charge in [0.25, 0.3) is 0 Å². The minimum Gasteiger partial charge on any atom is -0.134 e. The molecule has 1 unspecified atom stereocenters. The third-order valence-electron chi connectivity index (χ3n) is 1.70. The fraction of sp³-hybridized carbons (Fsp3) is 1.00. The van der Waals surface area contributed by atoms with Crippen LogP contribution in [0.4, 0.5) is 0 Å². The smallest absolute Gasteiger partial charge is 0.134 e. The summed E-state index contributed by atoms with van der Waals surface area (Å²) in [5, 5.41) is 0. The van der Waals surface area contributed by atoms with Gasteiger partial charge in [-0.15, -0.1) is 19.2 Å². The van der Waals surface area contributed by atoms with E-state index in [2.05, 4.69) is 11.4 Å². The summed E-state index contributed by atoms with van der Waals surface area (Å²) >= 11 is 0. The second-order valence-electron chi connectivity index (χ2n) is 3.09. The molecule has 16 heavy (non-hydrogen) atoms. The average Bonchev–Trinajstić information content (AvgIpc) is 2.15. The van der Waals surface area contributed by atoms with Gasteiger partial charge in [-0.1, -0.05) is 39.0 Å². The zero-order valence-corrected chi connectivity index (χ0v) is 11.2. The lowest BCUT2D eigenvalue weighted by Gasteiger charge is -1.96. The molecule has 0 aliphatic rings. The van der Waals surface area contributed by atoms with E-state index in [-0.39, 0.29) is 0 Å². The van der Waals surface area contributed by atoms with Crippen LogP contribution >= 0.6 is 16.5 Å². The second-order valence-corrected chi connectivity index (χ2v) is 4.33. The third kappa shape index (κ3) is 29.2. The van der Waals surface area contributed by atoms with Crippen molar-refractivity contribution in [2.45, 2.75) is 45.4 Å². The molecule has 0 aromatic rings. The Balaban J connectivity index is 0. The lowest BCUT2D eigenvalue weighted by Crippen LogP contribution is -1.86. The van der Waals surface area contributed by atoms with Gasteiger partial charge in [-0.3, -0.25) is 0 Å². The predicted octanol–water partition coefficient (Wildman–Crippen LogP) is 2.64. The molecule has 0 aliphatic heterocycles. The van der Waals surface area contributed by atoms with E-state index >= 15 is 0 Å². The van der Waals surface area contributed by atoms with Gasteiger partial charge in [-0.05, 0) is 6.42 Å². The highest BCUT2D eigenvalue weighted by Gasteiger charge is 2.09. The summed E-state index contributed by atoms with van der Waals surface area (Å²) in [6, 6.07) is 0. The van der Waals surface area contributed by atoms with Gasteiger partial charge < -0.3 is 0 Å². The van der Waals surface area contributed by atoms with Gasteiger partial charge in [-0.25, -0.2) is 0 Å². The fourth-order valence-corrected chi connectivity index (χ4v) is 1.31. The molecule has 0 fully saturated rings. The molecular weight excluding hydrogens is 254 g/mol. The van der Waals surface area contributed by atoms with Crippen LogP contribution in [0.3, 0.4) is 0 Å². The van der Waals surface area contributed by atoms with Crippen molar-refractivity contribution in [3.63, 3.8) is 0 Å². The van der Waals surface area contributed by atoms with Gasteiger partial charge in [0, 0.05) is 9.13 Å². The molecule has 0 saturated carbocycles. The first-order valence-corrected chi connectivity index (χ1v) is 7.44. The van der Waals surface area contributed by atoms with Crippen LogP contribution in [0.25, 0.3) is 0 Å². The first-order valence-electron chi connectivity index (χ1n) is 5.14. The highest BCUT2D eigenvalue weighted by molar-refractivity contribution is 7.32. The molecule has 0 radical (unpaired) electrons. The first kappa shape index (κ1) is 18.4. The van der Waals surface area contributed by atoms with E-state index in [0.717, 1.165) is 12.8 Å².